The summed E-state index contributed by atoms with van der Waals surface area (Å²) in [6, 6.07) is 1.75. The van der Waals surface area contributed by atoms with Gasteiger partial charge in [-0.05, 0) is 11.4 Å². The van der Waals surface area contributed by atoms with Crippen molar-refractivity contribution in [1.82, 2.24) is 5.32 Å². The summed E-state index contributed by atoms with van der Waals surface area (Å²) in [5.41, 5.74) is 0. The second kappa shape index (κ2) is 3.65. The van der Waals surface area contributed by atoms with Gasteiger partial charge >= 0.3 is 0 Å². The zero-order valence-electron chi connectivity index (χ0n) is 6.75. The molecule has 1 aromatic rings. The number of thiophene rings is 1. The summed E-state index contributed by atoms with van der Waals surface area (Å²) >= 11 is 7.46. The van der Waals surface area contributed by atoms with E-state index in [-0.39, 0.29) is 18.6 Å². The Morgan fingerprint density at radius 2 is 2.54 bits per heavy atom. The number of morpholine rings is 1. The normalized spacial score (nSPS) is 22.8. The zero-order chi connectivity index (χ0) is 9.26. The fourth-order valence-corrected chi connectivity index (χ4v) is 2.47. The molecule has 0 bridgehead atoms. The lowest BCUT2D eigenvalue weighted by atomic mass is 10.2. The molecule has 1 N–H and O–H groups in total. The summed E-state index contributed by atoms with van der Waals surface area (Å²) in [5, 5.41) is 5.42. The molecular formula is C8H8ClNO2S. The third-order valence-electron chi connectivity index (χ3n) is 1.81. The molecule has 0 aliphatic carbocycles. The Balaban J connectivity index is 2.17. The number of nitrogens with one attached hydrogen (secondary N) is 1. The number of halogens is 1. The molecule has 1 aromatic heterocycles. The lowest BCUT2D eigenvalue weighted by molar-refractivity contribution is -0.131. The molecule has 1 aliphatic rings. The van der Waals surface area contributed by atoms with Crippen LogP contribution < -0.4 is 5.32 Å². The standard InChI is InChI=1S/C8H8ClNO2S/c9-5-1-2-13-8(5)6-3-12-4-7(11)10-6/h1-2,6H,3-4H2,(H,10,11)/t6-/m0/s1. The molecule has 13 heavy (non-hydrogen) atoms. The molecule has 3 nitrogen and oxygen atoms in total. The summed E-state index contributed by atoms with van der Waals surface area (Å²) < 4.78 is 5.11. The maximum Gasteiger partial charge on any atom is 0.246 e. The summed E-state index contributed by atoms with van der Waals surface area (Å²) in [6.07, 6.45) is 0. The molecule has 0 saturated carbocycles. The summed E-state index contributed by atoms with van der Waals surface area (Å²) in [6.45, 7) is 0.658. The number of rotatable bonds is 1. The molecule has 1 aliphatic heterocycles. The van der Waals surface area contributed by atoms with Crippen molar-refractivity contribution < 1.29 is 9.53 Å². The van der Waals surface area contributed by atoms with Crippen LogP contribution in [-0.2, 0) is 9.53 Å². The summed E-state index contributed by atoms with van der Waals surface area (Å²) in [4.78, 5) is 12.0. The number of carbonyl (C=O) groups excluding carboxylic acids is 1. The van der Waals surface area contributed by atoms with Gasteiger partial charge in [0, 0.05) is 4.88 Å². The van der Waals surface area contributed by atoms with Gasteiger partial charge in [-0.1, -0.05) is 11.6 Å². The average molecular weight is 218 g/mol. The number of hydrogen-bond donors (Lipinski definition) is 1. The monoisotopic (exact) mass is 217 g/mol. The molecular weight excluding hydrogens is 210 g/mol. The third-order valence-corrected chi connectivity index (χ3v) is 3.29. The summed E-state index contributed by atoms with van der Waals surface area (Å²) in [7, 11) is 0. The van der Waals surface area contributed by atoms with Crippen LogP contribution in [0.25, 0.3) is 0 Å². The van der Waals surface area contributed by atoms with Gasteiger partial charge in [0.05, 0.1) is 17.7 Å². The fraction of sp³-hybridized carbons (Fsp3) is 0.375. The quantitative estimate of drug-likeness (QED) is 0.776. The molecule has 1 saturated heterocycles. The topological polar surface area (TPSA) is 38.3 Å². The van der Waals surface area contributed by atoms with Crippen LogP contribution in [0.5, 0.6) is 0 Å². The van der Waals surface area contributed by atoms with Gasteiger partial charge in [0.25, 0.3) is 0 Å². The lowest BCUT2D eigenvalue weighted by Crippen LogP contribution is -2.39. The van der Waals surface area contributed by atoms with Crippen LogP contribution in [-0.4, -0.2) is 19.1 Å². The first-order valence-corrected chi connectivity index (χ1v) is 5.13. The number of hydrogen-bond acceptors (Lipinski definition) is 3. The molecule has 0 unspecified atom stereocenters. The van der Waals surface area contributed by atoms with Crippen molar-refractivity contribution in [3.63, 3.8) is 0 Å². The average Bonchev–Trinajstić information content (AvgIpc) is 2.51. The predicted octanol–water partition coefficient (Wildman–Crippen LogP) is 1.59. The van der Waals surface area contributed by atoms with Gasteiger partial charge in [-0.3, -0.25) is 4.79 Å². The van der Waals surface area contributed by atoms with Crippen LogP contribution in [0.2, 0.25) is 5.02 Å². The molecule has 2 heterocycles. The fourth-order valence-electron chi connectivity index (χ4n) is 1.24. The van der Waals surface area contributed by atoms with Gasteiger partial charge in [-0.2, -0.15) is 0 Å². The Labute approximate surface area is 84.7 Å². The minimum Gasteiger partial charge on any atom is -0.369 e. The SMILES string of the molecule is O=C1COC[C@@H](c2sccc2Cl)N1. The highest BCUT2D eigenvalue weighted by molar-refractivity contribution is 7.10. The van der Waals surface area contributed by atoms with Gasteiger partial charge in [-0.15, -0.1) is 11.3 Å². The molecule has 1 atom stereocenters. The van der Waals surface area contributed by atoms with E-state index in [4.69, 9.17) is 16.3 Å². The van der Waals surface area contributed by atoms with Gasteiger partial charge in [0.15, 0.2) is 0 Å². The maximum atomic E-state index is 11.0. The molecule has 0 radical (unpaired) electrons. The van der Waals surface area contributed by atoms with E-state index in [0.29, 0.717) is 11.6 Å². The van der Waals surface area contributed by atoms with E-state index >= 15 is 0 Å². The van der Waals surface area contributed by atoms with Crippen molar-refractivity contribution in [2.24, 2.45) is 0 Å². The van der Waals surface area contributed by atoms with E-state index < -0.39 is 0 Å². The van der Waals surface area contributed by atoms with E-state index in [9.17, 15) is 4.79 Å². The van der Waals surface area contributed by atoms with Crippen molar-refractivity contribution in [3.05, 3.63) is 21.3 Å². The van der Waals surface area contributed by atoms with Gasteiger partial charge < -0.3 is 10.1 Å². The third kappa shape index (κ3) is 1.85. The minimum absolute atomic E-state index is 0.0752. The van der Waals surface area contributed by atoms with Crippen LogP contribution in [0, 0.1) is 0 Å². The van der Waals surface area contributed by atoms with E-state index in [1.807, 2.05) is 11.4 Å². The van der Waals surface area contributed by atoms with Crippen molar-refractivity contribution in [2.75, 3.05) is 13.2 Å². The second-order valence-electron chi connectivity index (χ2n) is 2.77. The van der Waals surface area contributed by atoms with Crippen LogP contribution in [0.1, 0.15) is 10.9 Å². The molecule has 1 amide bonds. The smallest absolute Gasteiger partial charge is 0.246 e. The first-order chi connectivity index (χ1) is 6.27. The van der Waals surface area contributed by atoms with E-state index in [2.05, 4.69) is 5.32 Å². The van der Waals surface area contributed by atoms with Crippen molar-refractivity contribution in [2.45, 2.75) is 6.04 Å². The number of amides is 1. The highest BCUT2D eigenvalue weighted by atomic mass is 35.5. The largest absolute Gasteiger partial charge is 0.369 e. The highest BCUT2D eigenvalue weighted by Gasteiger charge is 2.22. The van der Waals surface area contributed by atoms with Crippen molar-refractivity contribution in [1.29, 1.82) is 0 Å². The van der Waals surface area contributed by atoms with Crippen LogP contribution in [0.15, 0.2) is 11.4 Å². The van der Waals surface area contributed by atoms with Gasteiger partial charge in [0.2, 0.25) is 5.91 Å². The molecule has 70 valence electrons. The molecule has 0 aromatic carbocycles. The van der Waals surface area contributed by atoms with Crippen LogP contribution in [0.4, 0.5) is 0 Å². The van der Waals surface area contributed by atoms with Crippen LogP contribution in [0.3, 0.4) is 0 Å². The van der Waals surface area contributed by atoms with E-state index in [1.54, 1.807) is 0 Å². The Bertz CT molecular complexity index is 326. The molecule has 5 heteroatoms. The van der Waals surface area contributed by atoms with Crippen molar-refractivity contribution in [3.8, 4) is 0 Å². The molecule has 1 fully saturated rings. The maximum absolute atomic E-state index is 11.0. The Morgan fingerprint density at radius 3 is 3.15 bits per heavy atom. The van der Waals surface area contributed by atoms with E-state index in [1.165, 1.54) is 11.3 Å². The molecule has 2 rings (SSSR count). The van der Waals surface area contributed by atoms with E-state index in [0.717, 1.165) is 4.88 Å². The van der Waals surface area contributed by atoms with Gasteiger partial charge in [0.1, 0.15) is 6.61 Å². The zero-order valence-corrected chi connectivity index (χ0v) is 8.32. The first-order valence-electron chi connectivity index (χ1n) is 3.87. The Hall–Kier alpha value is -0.580. The second-order valence-corrected chi connectivity index (χ2v) is 4.12. The minimum atomic E-state index is -0.0827. The number of carbonyl (C=O) groups is 1. The molecule has 0 spiro atoms. The van der Waals surface area contributed by atoms with Crippen LogP contribution >= 0.6 is 22.9 Å². The first kappa shape index (κ1) is 8.99. The Kier molecular flexibility index (Phi) is 2.53. The van der Waals surface area contributed by atoms with Gasteiger partial charge in [-0.25, -0.2) is 0 Å². The number of ether oxygens (including phenoxy) is 1. The Morgan fingerprint density at radius 1 is 1.69 bits per heavy atom. The van der Waals surface area contributed by atoms with Crippen molar-refractivity contribution >= 4 is 28.8 Å². The highest BCUT2D eigenvalue weighted by Crippen LogP contribution is 2.29. The predicted molar refractivity (Wildman–Crippen MR) is 51.0 cm³/mol. The summed E-state index contributed by atoms with van der Waals surface area (Å²) in [5.74, 6) is -0.0827. The lowest BCUT2D eigenvalue weighted by Gasteiger charge is -2.22.